The molecule has 0 spiro atoms. The number of aliphatic imine (C=N–C) groups is 1. The largest absolute Gasteiger partial charge is 0.496 e. The number of aliphatic hydroxyl groups is 1. The van der Waals surface area contributed by atoms with E-state index in [1.165, 1.54) is 0 Å². The van der Waals surface area contributed by atoms with Gasteiger partial charge in [-0.05, 0) is 24.3 Å². The fourth-order valence-electron chi connectivity index (χ4n) is 4.98. The van der Waals surface area contributed by atoms with E-state index in [9.17, 15) is 9.90 Å². The number of amidine groups is 1. The third-order valence-corrected chi connectivity index (χ3v) is 7.89. The Kier molecular flexibility index (Phi) is 9.96. The lowest BCUT2D eigenvalue weighted by Crippen LogP contribution is -2.28. The highest BCUT2D eigenvalue weighted by Gasteiger charge is 2.20. The van der Waals surface area contributed by atoms with E-state index in [-0.39, 0.29) is 13.0 Å². The van der Waals surface area contributed by atoms with Crippen molar-refractivity contribution in [2.24, 2.45) is 4.99 Å². The van der Waals surface area contributed by atoms with Gasteiger partial charge in [-0.3, -0.25) is 14.8 Å². The average molecular weight is 637 g/mol. The van der Waals surface area contributed by atoms with Gasteiger partial charge >= 0.3 is 5.97 Å². The fraction of sp³-hybridized carbons (Fsp3) is 0.250. The summed E-state index contributed by atoms with van der Waals surface area (Å²) >= 11 is 14.0. The highest BCUT2D eigenvalue weighted by atomic mass is 35.5. The quantitative estimate of drug-likeness (QED) is 0.168. The van der Waals surface area contributed by atoms with Crippen LogP contribution in [0.25, 0.3) is 33.6 Å². The summed E-state index contributed by atoms with van der Waals surface area (Å²) in [6.07, 6.45) is 0.355. The number of rotatable bonds is 12. The Balaban J connectivity index is 1.43. The minimum atomic E-state index is -1.06. The van der Waals surface area contributed by atoms with Gasteiger partial charge in [0.05, 0.1) is 60.3 Å². The van der Waals surface area contributed by atoms with Crippen molar-refractivity contribution in [1.82, 2.24) is 20.6 Å². The SMILES string of the molecule is COc1cc(-c2nccc(-c3cccc(-c4ccc(C5=NCCN5)c(OC)n4)c3Cl)c2Cl)ccc1CNCC(O)CC(=O)O. The van der Waals surface area contributed by atoms with Crippen LogP contribution < -0.4 is 20.1 Å². The molecule has 4 N–H and O–H groups in total. The second-order valence-corrected chi connectivity index (χ2v) is 10.8. The van der Waals surface area contributed by atoms with Crippen LogP contribution in [-0.2, 0) is 11.3 Å². The number of pyridine rings is 2. The van der Waals surface area contributed by atoms with Gasteiger partial charge in [-0.1, -0.05) is 53.5 Å². The molecule has 228 valence electrons. The normalized spacial score (nSPS) is 13.2. The number of methoxy groups -OCH3 is 2. The molecule has 0 saturated carbocycles. The molecule has 4 aromatic rings. The lowest BCUT2D eigenvalue weighted by atomic mass is 9.99. The number of aliphatic carboxylic acids is 1. The van der Waals surface area contributed by atoms with Gasteiger partial charge in [-0.2, -0.15) is 0 Å². The molecule has 0 aliphatic carbocycles. The van der Waals surface area contributed by atoms with Crippen LogP contribution in [0.15, 0.2) is 65.8 Å². The predicted octanol–water partition coefficient (Wildman–Crippen LogP) is 5.08. The van der Waals surface area contributed by atoms with Crippen LogP contribution in [0.2, 0.25) is 10.0 Å². The van der Waals surface area contributed by atoms with Crippen molar-refractivity contribution >= 4 is 35.0 Å². The van der Waals surface area contributed by atoms with Gasteiger partial charge < -0.3 is 30.3 Å². The summed E-state index contributed by atoms with van der Waals surface area (Å²) in [5, 5.41) is 25.9. The summed E-state index contributed by atoms with van der Waals surface area (Å²) in [6, 6.07) is 16.9. The van der Waals surface area contributed by atoms with E-state index in [4.69, 9.17) is 42.8 Å². The van der Waals surface area contributed by atoms with Gasteiger partial charge in [-0.25, -0.2) is 4.98 Å². The number of benzene rings is 2. The Morgan fingerprint density at radius 2 is 1.82 bits per heavy atom. The maximum atomic E-state index is 10.8. The van der Waals surface area contributed by atoms with Gasteiger partial charge in [0.2, 0.25) is 5.88 Å². The Hall–Kier alpha value is -4.22. The number of halogens is 2. The fourth-order valence-corrected chi connectivity index (χ4v) is 5.63. The van der Waals surface area contributed by atoms with Crippen LogP contribution in [0.4, 0.5) is 0 Å². The molecule has 0 saturated heterocycles. The first-order valence-electron chi connectivity index (χ1n) is 13.9. The topological polar surface area (TPSA) is 138 Å². The monoisotopic (exact) mass is 635 g/mol. The number of carboxylic acids is 1. The molecule has 3 heterocycles. The molecule has 1 aliphatic rings. The first-order chi connectivity index (χ1) is 21.3. The van der Waals surface area contributed by atoms with E-state index < -0.39 is 12.1 Å². The molecule has 1 aliphatic heterocycles. The number of aromatic nitrogens is 2. The van der Waals surface area contributed by atoms with Gasteiger partial charge in [0, 0.05) is 53.6 Å². The number of ether oxygens (including phenoxy) is 2. The number of hydrogen-bond donors (Lipinski definition) is 4. The third kappa shape index (κ3) is 6.79. The molecule has 1 unspecified atom stereocenters. The number of nitrogens with zero attached hydrogens (tertiary/aromatic N) is 3. The van der Waals surface area contributed by atoms with E-state index in [1.54, 1.807) is 20.4 Å². The summed E-state index contributed by atoms with van der Waals surface area (Å²) in [4.78, 5) is 24.5. The Bertz CT molecular complexity index is 1710. The highest BCUT2D eigenvalue weighted by Crippen LogP contribution is 2.42. The van der Waals surface area contributed by atoms with E-state index in [1.807, 2.05) is 54.6 Å². The molecule has 12 heteroatoms. The summed E-state index contributed by atoms with van der Waals surface area (Å²) in [5.74, 6) is 0.741. The zero-order valence-corrected chi connectivity index (χ0v) is 25.6. The number of carbonyl (C=O) groups is 1. The third-order valence-electron chi connectivity index (χ3n) is 7.10. The van der Waals surface area contributed by atoms with Gasteiger partial charge in [0.25, 0.3) is 0 Å². The molecule has 5 rings (SSSR count). The van der Waals surface area contributed by atoms with Crippen molar-refractivity contribution in [3.05, 3.63) is 82.0 Å². The molecule has 0 fully saturated rings. The molecule has 0 bridgehead atoms. The molecule has 1 atom stereocenters. The standard InChI is InChI=1S/C32H31Cl2N5O5/c1-43-26-14-18(6-7-19(26)16-35-17-20(40)15-27(41)42)30-29(34)22(10-11-36-30)21-4-3-5-23(28(21)33)25-9-8-24(32(39-25)44-2)31-37-12-13-38-31/h3-11,14,20,35,40H,12-13,15-17H2,1-2H3,(H,37,38)(H,41,42). The maximum Gasteiger partial charge on any atom is 0.306 e. The van der Waals surface area contributed by atoms with Crippen molar-refractivity contribution in [2.75, 3.05) is 33.9 Å². The van der Waals surface area contributed by atoms with Crippen LogP contribution in [0.5, 0.6) is 11.6 Å². The molecule has 2 aromatic heterocycles. The molecule has 44 heavy (non-hydrogen) atoms. The van der Waals surface area contributed by atoms with Crippen molar-refractivity contribution in [1.29, 1.82) is 0 Å². The predicted molar refractivity (Wildman–Crippen MR) is 171 cm³/mol. The summed E-state index contributed by atoms with van der Waals surface area (Å²) in [5.41, 5.74) is 5.69. The van der Waals surface area contributed by atoms with Crippen molar-refractivity contribution in [2.45, 2.75) is 19.1 Å². The summed E-state index contributed by atoms with van der Waals surface area (Å²) in [7, 11) is 3.14. The average Bonchev–Trinajstić information content (AvgIpc) is 3.56. The molecule has 0 radical (unpaired) electrons. The molecule has 2 aromatic carbocycles. The minimum Gasteiger partial charge on any atom is -0.496 e. The highest BCUT2D eigenvalue weighted by molar-refractivity contribution is 6.39. The second-order valence-electron chi connectivity index (χ2n) is 10.0. The molecular formula is C32H31Cl2N5O5. The molecular weight excluding hydrogens is 605 g/mol. The van der Waals surface area contributed by atoms with Crippen LogP contribution in [-0.4, -0.2) is 71.9 Å². The zero-order chi connectivity index (χ0) is 31.2. The van der Waals surface area contributed by atoms with E-state index >= 15 is 0 Å². The first-order valence-corrected chi connectivity index (χ1v) is 14.6. The first kappa shape index (κ1) is 31.2. The number of carboxylic acid groups (broad SMARTS) is 1. The van der Waals surface area contributed by atoms with Gasteiger partial charge in [0.1, 0.15) is 11.6 Å². The lowest BCUT2D eigenvalue weighted by Gasteiger charge is -2.16. The van der Waals surface area contributed by atoms with Gasteiger partial charge in [-0.15, -0.1) is 0 Å². The van der Waals surface area contributed by atoms with E-state index in [2.05, 4.69) is 20.6 Å². The maximum absolute atomic E-state index is 10.8. The van der Waals surface area contributed by atoms with Gasteiger partial charge in [0.15, 0.2) is 0 Å². The van der Waals surface area contributed by atoms with Crippen LogP contribution >= 0.6 is 23.2 Å². The van der Waals surface area contributed by atoms with E-state index in [0.717, 1.165) is 40.2 Å². The van der Waals surface area contributed by atoms with Crippen LogP contribution in [0, 0.1) is 0 Å². The summed E-state index contributed by atoms with van der Waals surface area (Å²) < 4.78 is 11.2. The molecule has 0 amide bonds. The van der Waals surface area contributed by atoms with Crippen molar-refractivity contribution < 1.29 is 24.5 Å². The van der Waals surface area contributed by atoms with Crippen LogP contribution in [0.3, 0.4) is 0 Å². The second kappa shape index (κ2) is 14.0. The number of nitrogens with one attached hydrogen (secondary N) is 2. The molecule has 10 nitrogen and oxygen atoms in total. The number of hydrogen-bond acceptors (Lipinski definition) is 9. The van der Waals surface area contributed by atoms with Crippen LogP contribution in [0.1, 0.15) is 17.5 Å². The lowest BCUT2D eigenvalue weighted by molar-refractivity contribution is -0.139. The Morgan fingerprint density at radius 3 is 2.55 bits per heavy atom. The minimum absolute atomic E-state index is 0.130. The Morgan fingerprint density at radius 1 is 1.02 bits per heavy atom. The van der Waals surface area contributed by atoms with Crippen molar-refractivity contribution in [3.63, 3.8) is 0 Å². The van der Waals surface area contributed by atoms with E-state index in [0.29, 0.717) is 51.7 Å². The summed E-state index contributed by atoms with van der Waals surface area (Å²) in [6.45, 7) is 1.98. The zero-order valence-electron chi connectivity index (χ0n) is 24.1. The Labute approximate surface area is 264 Å². The number of aliphatic hydroxyl groups excluding tert-OH is 1. The van der Waals surface area contributed by atoms with Crippen molar-refractivity contribution in [3.8, 4) is 45.3 Å². The smallest absolute Gasteiger partial charge is 0.306 e.